The van der Waals surface area contributed by atoms with E-state index in [2.05, 4.69) is 0 Å². The highest BCUT2D eigenvalue weighted by Gasteiger charge is 2.35. The summed E-state index contributed by atoms with van der Waals surface area (Å²) in [5.74, 6) is 0.321. The lowest BCUT2D eigenvalue weighted by Gasteiger charge is -2.24. The number of nitrogens with zero attached hydrogens (tertiary/aromatic N) is 1. The molecular formula is C9H18F3N. The minimum absolute atomic E-state index is 0.107. The summed E-state index contributed by atoms with van der Waals surface area (Å²) in [6.07, 6.45) is -3.03. The summed E-state index contributed by atoms with van der Waals surface area (Å²) in [7, 11) is 0. The molecule has 0 atom stereocenters. The average molecular weight is 197 g/mol. The van der Waals surface area contributed by atoms with Crippen molar-refractivity contribution in [3.8, 4) is 0 Å². The standard InChI is InChI=1S/C9H18F3N/c1-4-6-13(9(10,11)12)7-5-8(2)3/h8H,4-7H2,1-3H3. The van der Waals surface area contributed by atoms with Crippen LogP contribution >= 0.6 is 0 Å². The van der Waals surface area contributed by atoms with Crippen LogP contribution in [0.25, 0.3) is 0 Å². The fraction of sp³-hybridized carbons (Fsp3) is 1.00. The van der Waals surface area contributed by atoms with Gasteiger partial charge in [-0.2, -0.15) is 13.2 Å². The zero-order valence-corrected chi connectivity index (χ0v) is 8.49. The maximum absolute atomic E-state index is 12.3. The first kappa shape index (κ1) is 12.8. The average Bonchev–Trinajstić information content (AvgIpc) is 1.95. The summed E-state index contributed by atoms with van der Waals surface area (Å²) in [6, 6.07) is 0. The summed E-state index contributed by atoms with van der Waals surface area (Å²) in [6.45, 7) is 5.85. The Hall–Kier alpha value is -0.250. The van der Waals surface area contributed by atoms with Crippen LogP contribution in [0.5, 0.6) is 0 Å². The third-order valence-electron chi connectivity index (χ3n) is 1.83. The summed E-state index contributed by atoms with van der Waals surface area (Å²) in [4.78, 5) is 0.590. The molecule has 0 aromatic carbocycles. The minimum Gasteiger partial charge on any atom is -0.214 e. The van der Waals surface area contributed by atoms with E-state index >= 15 is 0 Å². The second-order valence-electron chi connectivity index (χ2n) is 3.64. The largest absolute Gasteiger partial charge is 0.459 e. The molecular weight excluding hydrogens is 179 g/mol. The Bertz CT molecular complexity index is 131. The van der Waals surface area contributed by atoms with Gasteiger partial charge in [-0.15, -0.1) is 0 Å². The molecule has 0 aromatic heterocycles. The highest BCUT2D eigenvalue weighted by Crippen LogP contribution is 2.22. The smallest absolute Gasteiger partial charge is 0.214 e. The molecule has 0 amide bonds. The van der Waals surface area contributed by atoms with Crippen LogP contribution in [-0.2, 0) is 0 Å². The summed E-state index contributed by atoms with van der Waals surface area (Å²) < 4.78 is 36.9. The summed E-state index contributed by atoms with van der Waals surface area (Å²) in [5, 5.41) is 0. The van der Waals surface area contributed by atoms with Crippen molar-refractivity contribution >= 4 is 0 Å². The molecule has 0 spiro atoms. The van der Waals surface area contributed by atoms with Gasteiger partial charge in [0.05, 0.1) is 0 Å². The Morgan fingerprint density at radius 1 is 1.15 bits per heavy atom. The van der Waals surface area contributed by atoms with Gasteiger partial charge >= 0.3 is 6.30 Å². The van der Waals surface area contributed by atoms with Gasteiger partial charge in [-0.25, -0.2) is 4.90 Å². The van der Waals surface area contributed by atoms with Crippen LogP contribution in [0, 0.1) is 5.92 Å². The first-order chi connectivity index (χ1) is 5.88. The van der Waals surface area contributed by atoms with Crippen LogP contribution in [0.3, 0.4) is 0 Å². The molecule has 1 nitrogen and oxygen atoms in total. The van der Waals surface area contributed by atoms with Crippen molar-refractivity contribution in [3.05, 3.63) is 0 Å². The molecule has 0 saturated heterocycles. The minimum atomic E-state index is -4.16. The van der Waals surface area contributed by atoms with E-state index in [0.29, 0.717) is 23.7 Å². The third-order valence-corrected chi connectivity index (χ3v) is 1.83. The molecule has 0 aliphatic rings. The topological polar surface area (TPSA) is 3.24 Å². The van der Waals surface area contributed by atoms with Crippen LogP contribution in [0.4, 0.5) is 13.2 Å². The van der Waals surface area contributed by atoms with Crippen molar-refractivity contribution in [1.29, 1.82) is 0 Å². The van der Waals surface area contributed by atoms with Gasteiger partial charge in [0.1, 0.15) is 0 Å². The van der Waals surface area contributed by atoms with Gasteiger partial charge in [0.2, 0.25) is 0 Å². The van der Waals surface area contributed by atoms with Gasteiger partial charge in [0.25, 0.3) is 0 Å². The molecule has 0 aliphatic heterocycles. The molecule has 0 N–H and O–H groups in total. The van der Waals surface area contributed by atoms with Gasteiger partial charge in [0, 0.05) is 13.1 Å². The van der Waals surface area contributed by atoms with E-state index < -0.39 is 6.30 Å². The van der Waals surface area contributed by atoms with Crippen LogP contribution < -0.4 is 0 Å². The Morgan fingerprint density at radius 2 is 1.69 bits per heavy atom. The number of hydrogen-bond acceptors (Lipinski definition) is 1. The second kappa shape index (κ2) is 5.47. The van der Waals surface area contributed by atoms with E-state index in [1.54, 1.807) is 6.92 Å². The van der Waals surface area contributed by atoms with Gasteiger partial charge < -0.3 is 0 Å². The predicted molar refractivity (Wildman–Crippen MR) is 47.4 cm³/mol. The van der Waals surface area contributed by atoms with Gasteiger partial charge in [0.15, 0.2) is 0 Å². The second-order valence-corrected chi connectivity index (χ2v) is 3.64. The molecule has 0 fully saturated rings. The molecule has 0 aliphatic carbocycles. The maximum Gasteiger partial charge on any atom is 0.459 e. The molecule has 80 valence electrons. The zero-order valence-electron chi connectivity index (χ0n) is 8.49. The van der Waals surface area contributed by atoms with Crippen LogP contribution in [0.1, 0.15) is 33.6 Å². The molecule has 4 heteroatoms. The highest BCUT2D eigenvalue weighted by molar-refractivity contribution is 4.60. The molecule has 0 bridgehead atoms. The van der Waals surface area contributed by atoms with Crippen LogP contribution in [-0.4, -0.2) is 24.3 Å². The highest BCUT2D eigenvalue weighted by atomic mass is 19.4. The normalized spacial score (nSPS) is 12.9. The fourth-order valence-electron chi connectivity index (χ4n) is 1.05. The molecule has 0 unspecified atom stereocenters. The molecule has 13 heavy (non-hydrogen) atoms. The van der Waals surface area contributed by atoms with E-state index in [1.165, 1.54) is 0 Å². The number of alkyl halides is 3. The van der Waals surface area contributed by atoms with Crippen molar-refractivity contribution < 1.29 is 13.2 Å². The molecule has 0 heterocycles. The monoisotopic (exact) mass is 197 g/mol. The summed E-state index contributed by atoms with van der Waals surface area (Å²) in [5.41, 5.74) is 0. The quantitative estimate of drug-likeness (QED) is 0.611. The molecule has 0 rings (SSSR count). The van der Waals surface area contributed by atoms with Crippen LogP contribution in [0.2, 0.25) is 0 Å². The van der Waals surface area contributed by atoms with Crippen molar-refractivity contribution in [1.82, 2.24) is 4.90 Å². The lowest BCUT2D eigenvalue weighted by Crippen LogP contribution is -2.39. The first-order valence-electron chi connectivity index (χ1n) is 4.69. The van der Waals surface area contributed by atoms with E-state index in [4.69, 9.17) is 0 Å². The lowest BCUT2D eigenvalue weighted by molar-refractivity contribution is -0.246. The van der Waals surface area contributed by atoms with Crippen molar-refractivity contribution in [2.75, 3.05) is 13.1 Å². The SMILES string of the molecule is CCCN(CCC(C)C)C(F)(F)F. The Morgan fingerprint density at radius 3 is 2.00 bits per heavy atom. The molecule has 0 saturated carbocycles. The van der Waals surface area contributed by atoms with Crippen molar-refractivity contribution in [2.45, 2.75) is 39.9 Å². The Kier molecular flexibility index (Phi) is 5.37. The van der Waals surface area contributed by atoms with Crippen LogP contribution in [0.15, 0.2) is 0 Å². The predicted octanol–water partition coefficient (Wildman–Crippen LogP) is 3.26. The zero-order chi connectivity index (χ0) is 10.5. The fourth-order valence-corrected chi connectivity index (χ4v) is 1.05. The number of halogens is 3. The van der Waals surface area contributed by atoms with E-state index in [1.807, 2.05) is 13.8 Å². The summed E-state index contributed by atoms with van der Waals surface area (Å²) >= 11 is 0. The Labute approximate surface area is 77.9 Å². The van der Waals surface area contributed by atoms with Crippen molar-refractivity contribution in [2.24, 2.45) is 5.92 Å². The lowest BCUT2D eigenvalue weighted by atomic mass is 10.1. The molecule has 0 aromatic rings. The molecule has 0 radical (unpaired) electrons. The third kappa shape index (κ3) is 5.91. The van der Waals surface area contributed by atoms with Gasteiger partial charge in [-0.3, -0.25) is 0 Å². The Balaban J connectivity index is 3.95. The van der Waals surface area contributed by atoms with E-state index in [-0.39, 0.29) is 13.1 Å². The van der Waals surface area contributed by atoms with E-state index in [0.717, 1.165) is 0 Å². The maximum atomic E-state index is 12.3. The van der Waals surface area contributed by atoms with E-state index in [9.17, 15) is 13.2 Å². The number of hydrogen-bond donors (Lipinski definition) is 0. The van der Waals surface area contributed by atoms with Gasteiger partial charge in [-0.1, -0.05) is 20.8 Å². The van der Waals surface area contributed by atoms with Gasteiger partial charge in [-0.05, 0) is 18.8 Å². The van der Waals surface area contributed by atoms with Crippen molar-refractivity contribution in [3.63, 3.8) is 0 Å². The number of rotatable bonds is 5. The first-order valence-corrected chi connectivity index (χ1v) is 4.69.